The Morgan fingerprint density at radius 3 is 3.13 bits per heavy atom. The zero-order valence-corrected chi connectivity index (χ0v) is 12.8. The first kappa shape index (κ1) is 15.5. The first-order valence-corrected chi connectivity index (χ1v) is 7.51. The van der Waals surface area contributed by atoms with Gasteiger partial charge in [0.25, 0.3) is 0 Å². The molecule has 1 saturated heterocycles. The molecule has 2 N–H and O–H groups in total. The van der Waals surface area contributed by atoms with Gasteiger partial charge in [0.05, 0.1) is 6.04 Å². The van der Waals surface area contributed by atoms with Crippen LogP contribution < -0.4 is 10.6 Å². The Bertz CT molecular complexity index is 688. The Labute approximate surface area is 133 Å². The molecule has 2 atom stereocenters. The van der Waals surface area contributed by atoms with Crippen molar-refractivity contribution in [3.8, 4) is 0 Å². The van der Waals surface area contributed by atoms with E-state index < -0.39 is 0 Å². The van der Waals surface area contributed by atoms with E-state index in [1.807, 2.05) is 17.8 Å². The summed E-state index contributed by atoms with van der Waals surface area (Å²) >= 11 is 0. The molecule has 2 aromatic rings. The smallest absolute Gasteiger partial charge is 0.315 e. The van der Waals surface area contributed by atoms with Crippen LogP contribution in [0.2, 0.25) is 0 Å². The monoisotopic (exact) mass is 318 g/mol. The lowest BCUT2D eigenvalue weighted by molar-refractivity contribution is 0.0908. The molecule has 1 aromatic heterocycles. The van der Waals surface area contributed by atoms with E-state index in [2.05, 4.69) is 15.6 Å². The topological polar surface area (TPSA) is 68.2 Å². The second-order valence-electron chi connectivity index (χ2n) is 5.54. The van der Waals surface area contributed by atoms with Crippen LogP contribution in [0.1, 0.15) is 23.9 Å². The number of carbonyl (C=O) groups excluding carboxylic acids is 1. The molecule has 2 amide bonds. The standard InChI is InChI=1S/C16H19FN4O2/c1-21-7-6-18-15(21)14-13(5-8-23-14)20-16(22)19-10-11-3-2-4-12(17)9-11/h2-4,6-7,9,13-14H,5,8,10H2,1H3,(H2,19,20,22)/t13-,14-/m0/s1. The minimum atomic E-state index is -0.316. The van der Waals surface area contributed by atoms with Gasteiger partial charge in [0.1, 0.15) is 17.7 Å². The summed E-state index contributed by atoms with van der Waals surface area (Å²) in [7, 11) is 1.89. The number of benzene rings is 1. The fraction of sp³-hybridized carbons (Fsp3) is 0.375. The van der Waals surface area contributed by atoms with Crippen LogP contribution in [0.5, 0.6) is 0 Å². The largest absolute Gasteiger partial charge is 0.368 e. The van der Waals surface area contributed by atoms with Crippen molar-refractivity contribution in [3.63, 3.8) is 0 Å². The van der Waals surface area contributed by atoms with Gasteiger partial charge in [0.15, 0.2) is 0 Å². The first-order valence-electron chi connectivity index (χ1n) is 7.51. The van der Waals surface area contributed by atoms with Crippen molar-refractivity contribution in [3.05, 3.63) is 53.9 Å². The number of ether oxygens (including phenoxy) is 1. The number of aryl methyl sites for hydroxylation is 1. The molecule has 0 unspecified atom stereocenters. The van der Waals surface area contributed by atoms with Crippen molar-refractivity contribution in [1.29, 1.82) is 0 Å². The molecular formula is C16H19FN4O2. The molecule has 6 nitrogen and oxygen atoms in total. The molecule has 122 valence electrons. The highest BCUT2D eigenvalue weighted by atomic mass is 19.1. The number of hydrogen-bond donors (Lipinski definition) is 2. The summed E-state index contributed by atoms with van der Waals surface area (Å²) in [6.07, 6.45) is 4.02. The number of imidazole rings is 1. The van der Waals surface area contributed by atoms with Crippen molar-refractivity contribution in [1.82, 2.24) is 20.2 Å². The normalized spacial score (nSPS) is 20.4. The third-order valence-electron chi connectivity index (χ3n) is 3.86. The fourth-order valence-electron chi connectivity index (χ4n) is 2.69. The van der Waals surface area contributed by atoms with Crippen LogP contribution in [-0.2, 0) is 18.3 Å². The predicted octanol–water partition coefficient (Wildman–Crippen LogP) is 1.89. The Balaban J connectivity index is 1.56. The second-order valence-corrected chi connectivity index (χ2v) is 5.54. The highest BCUT2D eigenvalue weighted by Gasteiger charge is 2.33. The van der Waals surface area contributed by atoms with Gasteiger partial charge in [0.2, 0.25) is 0 Å². The van der Waals surface area contributed by atoms with Gasteiger partial charge in [-0.3, -0.25) is 0 Å². The predicted molar refractivity (Wildman–Crippen MR) is 82.1 cm³/mol. The lowest BCUT2D eigenvalue weighted by atomic mass is 10.1. The summed E-state index contributed by atoms with van der Waals surface area (Å²) in [4.78, 5) is 16.3. The summed E-state index contributed by atoms with van der Waals surface area (Å²) in [6.45, 7) is 0.844. The zero-order chi connectivity index (χ0) is 16.2. The molecule has 0 radical (unpaired) electrons. The van der Waals surface area contributed by atoms with E-state index in [4.69, 9.17) is 4.74 Å². The lowest BCUT2D eigenvalue weighted by Crippen LogP contribution is -2.43. The van der Waals surface area contributed by atoms with Crippen LogP contribution in [0, 0.1) is 5.82 Å². The maximum Gasteiger partial charge on any atom is 0.315 e. The molecule has 3 rings (SSSR count). The van der Waals surface area contributed by atoms with Gasteiger partial charge in [0, 0.05) is 32.6 Å². The van der Waals surface area contributed by atoms with E-state index >= 15 is 0 Å². The van der Waals surface area contributed by atoms with Crippen LogP contribution in [0.15, 0.2) is 36.7 Å². The van der Waals surface area contributed by atoms with E-state index in [9.17, 15) is 9.18 Å². The molecule has 2 heterocycles. The number of amides is 2. The summed E-state index contributed by atoms with van der Waals surface area (Å²) in [5.41, 5.74) is 0.712. The van der Waals surface area contributed by atoms with Gasteiger partial charge >= 0.3 is 6.03 Å². The van der Waals surface area contributed by atoms with Crippen LogP contribution in [0.3, 0.4) is 0 Å². The van der Waals surface area contributed by atoms with E-state index in [-0.39, 0.29) is 30.5 Å². The number of nitrogens with one attached hydrogen (secondary N) is 2. The van der Waals surface area contributed by atoms with Gasteiger partial charge in [-0.2, -0.15) is 0 Å². The SMILES string of the molecule is Cn1ccnc1[C@H]1OCC[C@@H]1NC(=O)NCc1cccc(F)c1. The Morgan fingerprint density at radius 1 is 1.52 bits per heavy atom. The molecule has 1 aromatic carbocycles. The first-order chi connectivity index (χ1) is 11.1. The quantitative estimate of drug-likeness (QED) is 0.904. The Hall–Kier alpha value is -2.41. The van der Waals surface area contributed by atoms with Crippen LogP contribution in [0.4, 0.5) is 9.18 Å². The van der Waals surface area contributed by atoms with Gasteiger partial charge in [-0.05, 0) is 24.1 Å². The van der Waals surface area contributed by atoms with Crippen molar-refractivity contribution < 1.29 is 13.9 Å². The number of nitrogens with zero attached hydrogens (tertiary/aromatic N) is 2. The van der Waals surface area contributed by atoms with Gasteiger partial charge in [-0.1, -0.05) is 12.1 Å². The van der Waals surface area contributed by atoms with Crippen LogP contribution in [0.25, 0.3) is 0 Å². The highest BCUT2D eigenvalue weighted by Crippen LogP contribution is 2.27. The fourth-order valence-corrected chi connectivity index (χ4v) is 2.69. The Kier molecular flexibility index (Phi) is 4.57. The third kappa shape index (κ3) is 3.68. The maximum atomic E-state index is 13.1. The number of halogens is 1. The van der Waals surface area contributed by atoms with E-state index in [0.717, 1.165) is 12.2 Å². The average Bonchev–Trinajstić information content (AvgIpc) is 3.14. The van der Waals surface area contributed by atoms with Crippen LogP contribution >= 0.6 is 0 Å². The molecule has 0 bridgehead atoms. The zero-order valence-electron chi connectivity index (χ0n) is 12.8. The Morgan fingerprint density at radius 2 is 2.39 bits per heavy atom. The second kappa shape index (κ2) is 6.78. The van der Waals surface area contributed by atoms with Crippen molar-refractivity contribution >= 4 is 6.03 Å². The molecule has 1 fully saturated rings. The van der Waals surface area contributed by atoms with Crippen LogP contribution in [-0.4, -0.2) is 28.2 Å². The minimum absolute atomic E-state index is 0.136. The van der Waals surface area contributed by atoms with Gasteiger partial charge in [-0.25, -0.2) is 14.2 Å². The summed E-state index contributed by atoms with van der Waals surface area (Å²) in [5, 5.41) is 5.64. The molecule has 7 heteroatoms. The van der Waals surface area contributed by atoms with E-state index in [1.165, 1.54) is 12.1 Å². The van der Waals surface area contributed by atoms with Crippen molar-refractivity contribution in [2.45, 2.75) is 25.1 Å². The number of carbonyl (C=O) groups is 1. The lowest BCUT2D eigenvalue weighted by Gasteiger charge is -2.20. The molecule has 23 heavy (non-hydrogen) atoms. The van der Waals surface area contributed by atoms with Gasteiger partial charge in [-0.15, -0.1) is 0 Å². The summed E-state index contributed by atoms with van der Waals surface area (Å²) in [6, 6.07) is 5.71. The molecule has 0 aliphatic carbocycles. The summed E-state index contributed by atoms with van der Waals surface area (Å²) < 4.78 is 20.7. The van der Waals surface area contributed by atoms with E-state index in [0.29, 0.717) is 12.2 Å². The van der Waals surface area contributed by atoms with Crippen molar-refractivity contribution in [2.75, 3.05) is 6.61 Å². The molecular weight excluding hydrogens is 299 g/mol. The molecule has 0 spiro atoms. The molecule has 1 aliphatic rings. The molecule has 1 aliphatic heterocycles. The van der Waals surface area contributed by atoms with Crippen molar-refractivity contribution in [2.24, 2.45) is 7.05 Å². The maximum absolute atomic E-state index is 13.1. The average molecular weight is 318 g/mol. The molecule has 0 saturated carbocycles. The number of rotatable bonds is 4. The third-order valence-corrected chi connectivity index (χ3v) is 3.86. The number of aromatic nitrogens is 2. The summed E-state index contributed by atoms with van der Waals surface area (Å²) in [5.74, 6) is 0.474. The minimum Gasteiger partial charge on any atom is -0.368 e. The number of hydrogen-bond acceptors (Lipinski definition) is 3. The van der Waals surface area contributed by atoms with E-state index in [1.54, 1.807) is 18.3 Å². The highest BCUT2D eigenvalue weighted by molar-refractivity contribution is 5.74. The van der Waals surface area contributed by atoms with Gasteiger partial charge < -0.3 is 19.9 Å². The number of urea groups is 1.